The molecule has 2 heterocycles. The normalized spacial score (nSPS) is 20.3. The van der Waals surface area contributed by atoms with Crippen LogP contribution in [-0.4, -0.2) is 40.2 Å². The lowest BCUT2D eigenvalue weighted by Crippen LogP contribution is -2.37. The van der Waals surface area contributed by atoms with Crippen molar-refractivity contribution in [1.82, 2.24) is 0 Å². The standard InChI is InChI=1S/C19H18O7/c1-21-11-7-5-4-6-10(11)14-16(20)15-12(26-19(14)23-3)8-13-17(18(15)22-2)25-9-24-13/h4-8,14,19H,9H2,1-3H3. The predicted molar refractivity (Wildman–Crippen MR) is 90.6 cm³/mol. The maximum absolute atomic E-state index is 13.4. The molecule has 2 aliphatic rings. The lowest BCUT2D eigenvalue weighted by atomic mass is 9.86. The molecule has 0 radical (unpaired) electrons. The Bertz CT molecular complexity index is 861. The second-order valence-corrected chi connectivity index (χ2v) is 5.82. The summed E-state index contributed by atoms with van der Waals surface area (Å²) in [5.74, 6) is 1.19. The van der Waals surface area contributed by atoms with E-state index in [1.165, 1.54) is 14.2 Å². The number of hydrogen-bond acceptors (Lipinski definition) is 7. The largest absolute Gasteiger partial charge is 0.496 e. The molecule has 2 atom stereocenters. The van der Waals surface area contributed by atoms with Gasteiger partial charge in [0.05, 0.1) is 14.2 Å². The van der Waals surface area contributed by atoms with Crippen molar-refractivity contribution in [2.45, 2.75) is 12.2 Å². The third-order valence-electron chi connectivity index (χ3n) is 4.54. The van der Waals surface area contributed by atoms with Crippen LogP contribution >= 0.6 is 0 Å². The molecule has 2 unspecified atom stereocenters. The monoisotopic (exact) mass is 358 g/mol. The summed E-state index contributed by atoms with van der Waals surface area (Å²) in [6.07, 6.45) is -0.809. The molecule has 0 fully saturated rings. The van der Waals surface area contributed by atoms with Crippen LogP contribution in [0.2, 0.25) is 0 Å². The van der Waals surface area contributed by atoms with Crippen molar-refractivity contribution >= 4 is 5.78 Å². The Kier molecular flexibility index (Phi) is 4.08. The molecule has 7 heteroatoms. The highest BCUT2D eigenvalue weighted by molar-refractivity contribution is 6.08. The maximum atomic E-state index is 13.4. The maximum Gasteiger partial charge on any atom is 0.231 e. The molecule has 2 aliphatic heterocycles. The van der Waals surface area contributed by atoms with E-state index in [2.05, 4.69) is 0 Å². The molecule has 0 spiro atoms. The number of ether oxygens (including phenoxy) is 6. The molecule has 136 valence electrons. The van der Waals surface area contributed by atoms with Crippen LogP contribution in [0.25, 0.3) is 0 Å². The molecular weight excluding hydrogens is 340 g/mol. The van der Waals surface area contributed by atoms with Crippen LogP contribution < -0.4 is 23.7 Å². The highest BCUT2D eigenvalue weighted by Crippen LogP contribution is 2.52. The number of carbonyl (C=O) groups excluding carboxylic acids is 1. The van der Waals surface area contributed by atoms with Gasteiger partial charge in [-0.25, -0.2) is 0 Å². The number of benzene rings is 2. The summed E-state index contributed by atoms with van der Waals surface area (Å²) in [7, 11) is 4.53. The van der Waals surface area contributed by atoms with Gasteiger partial charge in [0.25, 0.3) is 0 Å². The van der Waals surface area contributed by atoms with Gasteiger partial charge in [0.15, 0.2) is 17.3 Å². The van der Waals surface area contributed by atoms with Crippen molar-refractivity contribution in [3.05, 3.63) is 41.5 Å². The zero-order chi connectivity index (χ0) is 18.3. The van der Waals surface area contributed by atoms with Crippen LogP contribution in [0.4, 0.5) is 0 Å². The predicted octanol–water partition coefficient (Wildman–Crippen LogP) is 2.76. The van der Waals surface area contributed by atoms with Gasteiger partial charge in [0.1, 0.15) is 23.0 Å². The van der Waals surface area contributed by atoms with Crippen molar-refractivity contribution in [3.63, 3.8) is 0 Å². The Morgan fingerprint density at radius 2 is 1.85 bits per heavy atom. The molecule has 2 aromatic carbocycles. The average Bonchev–Trinajstić information content (AvgIpc) is 3.14. The van der Waals surface area contributed by atoms with Gasteiger partial charge < -0.3 is 28.4 Å². The van der Waals surface area contributed by atoms with Gasteiger partial charge in [0, 0.05) is 18.7 Å². The van der Waals surface area contributed by atoms with Crippen molar-refractivity contribution in [3.8, 4) is 28.7 Å². The SMILES string of the molecule is COc1ccccc1C1C(=O)c2c(cc3c(c2OC)OCO3)OC1OC. The molecule has 0 saturated heterocycles. The fourth-order valence-corrected chi connectivity index (χ4v) is 3.38. The average molecular weight is 358 g/mol. The van der Waals surface area contributed by atoms with Crippen LogP contribution in [0.5, 0.6) is 28.7 Å². The van der Waals surface area contributed by atoms with Gasteiger partial charge in [-0.05, 0) is 6.07 Å². The van der Waals surface area contributed by atoms with Gasteiger partial charge in [-0.15, -0.1) is 0 Å². The van der Waals surface area contributed by atoms with E-state index in [-0.39, 0.29) is 12.6 Å². The van der Waals surface area contributed by atoms with Gasteiger partial charge in [-0.2, -0.15) is 0 Å². The van der Waals surface area contributed by atoms with E-state index in [9.17, 15) is 4.79 Å². The Morgan fingerprint density at radius 3 is 2.58 bits per heavy atom. The lowest BCUT2D eigenvalue weighted by Gasteiger charge is -2.33. The van der Waals surface area contributed by atoms with Crippen LogP contribution in [0.15, 0.2) is 30.3 Å². The van der Waals surface area contributed by atoms with Crippen LogP contribution in [-0.2, 0) is 4.74 Å². The van der Waals surface area contributed by atoms with E-state index in [0.717, 1.165) is 0 Å². The third-order valence-corrected chi connectivity index (χ3v) is 4.54. The van der Waals surface area contributed by atoms with E-state index >= 15 is 0 Å². The van der Waals surface area contributed by atoms with Crippen molar-refractivity contribution < 1.29 is 33.2 Å². The first-order valence-electron chi connectivity index (χ1n) is 8.06. The number of methoxy groups -OCH3 is 3. The van der Waals surface area contributed by atoms with E-state index in [0.29, 0.717) is 39.9 Å². The zero-order valence-corrected chi connectivity index (χ0v) is 14.6. The first-order chi connectivity index (χ1) is 12.7. The summed E-state index contributed by atoms with van der Waals surface area (Å²) in [5.41, 5.74) is 0.984. The van der Waals surface area contributed by atoms with Gasteiger partial charge >= 0.3 is 0 Å². The Hall–Kier alpha value is -2.93. The number of para-hydroxylation sites is 1. The molecule has 0 amide bonds. The highest BCUT2D eigenvalue weighted by Gasteiger charge is 2.44. The lowest BCUT2D eigenvalue weighted by molar-refractivity contribution is -0.0704. The highest BCUT2D eigenvalue weighted by atomic mass is 16.7. The Balaban J connectivity index is 1.89. The van der Waals surface area contributed by atoms with Gasteiger partial charge in [-0.1, -0.05) is 18.2 Å². The minimum Gasteiger partial charge on any atom is -0.496 e. The molecule has 0 saturated carbocycles. The van der Waals surface area contributed by atoms with Crippen LogP contribution in [0.3, 0.4) is 0 Å². The fraction of sp³-hybridized carbons (Fsp3) is 0.316. The molecular formula is C19H18O7. The van der Waals surface area contributed by atoms with Gasteiger partial charge in [-0.3, -0.25) is 4.79 Å². The summed E-state index contributed by atoms with van der Waals surface area (Å²) < 4.78 is 33.2. The zero-order valence-electron chi connectivity index (χ0n) is 14.6. The summed E-state index contributed by atoms with van der Waals surface area (Å²) in [6, 6.07) is 8.92. The van der Waals surface area contributed by atoms with Crippen molar-refractivity contribution in [2.75, 3.05) is 28.1 Å². The summed E-state index contributed by atoms with van der Waals surface area (Å²) in [6.45, 7) is 0.0619. The Labute approximate surface area is 150 Å². The number of carbonyl (C=O) groups is 1. The molecule has 7 nitrogen and oxygen atoms in total. The van der Waals surface area contributed by atoms with Crippen LogP contribution in [0.1, 0.15) is 21.8 Å². The van der Waals surface area contributed by atoms with Crippen molar-refractivity contribution in [2.24, 2.45) is 0 Å². The van der Waals surface area contributed by atoms with Gasteiger partial charge in [0.2, 0.25) is 18.8 Å². The quantitative estimate of drug-likeness (QED) is 0.832. The summed E-state index contributed by atoms with van der Waals surface area (Å²) >= 11 is 0. The minimum atomic E-state index is -0.809. The van der Waals surface area contributed by atoms with E-state index < -0.39 is 12.2 Å². The smallest absolute Gasteiger partial charge is 0.231 e. The topological polar surface area (TPSA) is 72.5 Å². The van der Waals surface area contributed by atoms with E-state index in [1.807, 2.05) is 18.2 Å². The third kappa shape index (κ3) is 2.35. The Morgan fingerprint density at radius 1 is 1.04 bits per heavy atom. The number of ketones is 1. The molecule has 0 N–H and O–H groups in total. The second kappa shape index (κ2) is 6.42. The number of rotatable bonds is 4. The molecule has 0 bridgehead atoms. The number of hydrogen-bond donors (Lipinski definition) is 0. The fourth-order valence-electron chi connectivity index (χ4n) is 3.38. The first kappa shape index (κ1) is 16.5. The summed E-state index contributed by atoms with van der Waals surface area (Å²) in [5, 5.41) is 0. The first-order valence-corrected chi connectivity index (χ1v) is 8.06. The summed E-state index contributed by atoms with van der Waals surface area (Å²) in [4.78, 5) is 13.4. The molecule has 2 aromatic rings. The minimum absolute atomic E-state index is 0.0619. The van der Waals surface area contributed by atoms with E-state index in [1.54, 1.807) is 19.2 Å². The van der Waals surface area contributed by atoms with Crippen molar-refractivity contribution in [1.29, 1.82) is 0 Å². The van der Waals surface area contributed by atoms with E-state index in [4.69, 9.17) is 28.4 Å². The van der Waals surface area contributed by atoms with Crippen LogP contribution in [0, 0.1) is 0 Å². The second-order valence-electron chi connectivity index (χ2n) is 5.82. The molecule has 0 aliphatic carbocycles. The molecule has 4 rings (SSSR count). The molecule has 0 aromatic heterocycles. The number of Topliss-reactive ketones (excluding diaryl/α,β-unsaturated/α-hetero) is 1. The number of fused-ring (bicyclic) bond motifs is 2. The molecule has 26 heavy (non-hydrogen) atoms.